The molecule has 2 rings (SSSR count). The second-order valence-electron chi connectivity index (χ2n) is 5.29. The van der Waals surface area contributed by atoms with Gasteiger partial charge >= 0.3 is 0 Å². The van der Waals surface area contributed by atoms with Crippen LogP contribution < -0.4 is 4.74 Å². The first-order valence-electron chi connectivity index (χ1n) is 6.15. The Labute approximate surface area is 130 Å². The van der Waals surface area contributed by atoms with E-state index < -0.39 is 23.7 Å². The summed E-state index contributed by atoms with van der Waals surface area (Å²) in [5, 5.41) is 20.8. The van der Waals surface area contributed by atoms with Gasteiger partial charge in [0.05, 0.1) is 6.57 Å². The summed E-state index contributed by atoms with van der Waals surface area (Å²) in [6, 6.07) is 3.74. The lowest BCUT2D eigenvalue weighted by Gasteiger charge is -2.44. The lowest BCUT2D eigenvalue weighted by Crippen LogP contribution is -2.53. The fourth-order valence-electron chi connectivity index (χ4n) is 2.28. The Bertz CT molecular complexity index is 597. The summed E-state index contributed by atoms with van der Waals surface area (Å²) in [4.78, 5) is 14.7. The van der Waals surface area contributed by atoms with Crippen LogP contribution in [-0.2, 0) is 4.79 Å². The number of ether oxygens (including phenoxy) is 1. The van der Waals surface area contributed by atoms with E-state index >= 15 is 0 Å². The van der Waals surface area contributed by atoms with Crippen LogP contribution in [0.25, 0.3) is 4.85 Å². The van der Waals surface area contributed by atoms with Gasteiger partial charge in [-0.2, -0.15) is 13.5 Å². The molecule has 0 fully saturated rings. The molecule has 1 heterocycles. The molecule has 2 atom stereocenters. The maximum absolute atomic E-state index is 11.4. The Morgan fingerprint density at radius 3 is 2.62 bits per heavy atom. The second-order valence-corrected chi connectivity index (χ2v) is 5.29. The normalized spacial score (nSPS) is 22.1. The average molecular weight is 310 g/mol. The third kappa shape index (κ3) is 2.97. The van der Waals surface area contributed by atoms with E-state index in [1.54, 1.807) is 26.0 Å². The largest absolute Gasteiger partial charge is 0.485 e. The topological polar surface area (TPSA) is 74.4 Å². The zero-order valence-corrected chi connectivity index (χ0v) is 13.0. The maximum atomic E-state index is 11.4. The van der Waals surface area contributed by atoms with E-state index in [1.165, 1.54) is 13.0 Å². The lowest BCUT2D eigenvalue weighted by molar-refractivity contribution is -0.201. The van der Waals surface area contributed by atoms with E-state index in [9.17, 15) is 15.1 Å². The zero-order chi connectivity index (χ0) is 15.1. The van der Waals surface area contributed by atoms with Crippen molar-refractivity contribution in [2.75, 3.05) is 0 Å². The highest BCUT2D eigenvalue weighted by atomic mass is 32.1. The first-order valence-corrected chi connectivity index (χ1v) is 6.15. The fourth-order valence-corrected chi connectivity index (χ4v) is 2.28. The molecule has 1 aromatic carbocycles. The molecule has 1 aromatic rings. The molecule has 6 nitrogen and oxygen atoms in total. The minimum atomic E-state index is -1.12. The molecule has 1 aliphatic heterocycles. The van der Waals surface area contributed by atoms with Crippen LogP contribution in [0, 0.1) is 6.57 Å². The first-order chi connectivity index (χ1) is 9.27. The van der Waals surface area contributed by atoms with Gasteiger partial charge in [-0.25, -0.2) is 9.91 Å². The second kappa shape index (κ2) is 5.93. The number of aliphatic hydroxyl groups is 1. The number of carbonyl (C=O) groups is 1. The van der Waals surface area contributed by atoms with Crippen LogP contribution in [0.15, 0.2) is 18.2 Å². The molecule has 0 aliphatic carbocycles. The van der Waals surface area contributed by atoms with Crippen molar-refractivity contribution in [2.24, 2.45) is 0 Å². The number of hydroxylamine groups is 2. The summed E-state index contributed by atoms with van der Waals surface area (Å²) >= 11 is 0. The number of aliphatic hydroxyl groups excluding tert-OH is 1. The van der Waals surface area contributed by atoms with Crippen LogP contribution in [0.4, 0.5) is 5.69 Å². The third-order valence-corrected chi connectivity index (χ3v) is 3.41. The van der Waals surface area contributed by atoms with Gasteiger partial charge in [0.1, 0.15) is 23.5 Å². The van der Waals surface area contributed by atoms with Gasteiger partial charge in [0.15, 0.2) is 5.69 Å². The van der Waals surface area contributed by atoms with Gasteiger partial charge in [0, 0.05) is 12.5 Å². The fraction of sp³-hybridized carbons (Fsp3) is 0.429. The van der Waals surface area contributed by atoms with E-state index in [-0.39, 0.29) is 13.5 Å². The van der Waals surface area contributed by atoms with Crippen molar-refractivity contribution >= 4 is 25.1 Å². The Balaban J connectivity index is 0.00000220. The van der Waals surface area contributed by atoms with E-state index in [0.717, 1.165) is 0 Å². The Hall–Kier alpha value is -1.75. The number of nitrogens with zero attached hydrogens (tertiary/aromatic N) is 2. The number of amides is 1. The van der Waals surface area contributed by atoms with Crippen molar-refractivity contribution < 1.29 is 19.8 Å². The highest BCUT2D eigenvalue weighted by molar-refractivity contribution is 7.59. The molecule has 7 heteroatoms. The minimum absolute atomic E-state index is 0. The molecule has 1 aliphatic rings. The standard InChI is InChI=1S/C14H16N2O4.H2S/c1-8(17)16(19)12-10-7-9(15-4)5-6-11(10)20-14(2,3)13(12)18;/h5-7,12-13,18-19H,1-3H3;1H2/t12?,13-;/m0./s1. The highest BCUT2D eigenvalue weighted by Crippen LogP contribution is 2.43. The van der Waals surface area contributed by atoms with Crippen LogP contribution in [0.1, 0.15) is 32.4 Å². The molecule has 2 N–H and O–H groups in total. The molecule has 0 radical (unpaired) electrons. The van der Waals surface area contributed by atoms with Gasteiger partial charge in [-0.3, -0.25) is 10.0 Å². The average Bonchev–Trinajstić information content (AvgIpc) is 2.38. The van der Waals surface area contributed by atoms with Crippen molar-refractivity contribution in [3.8, 4) is 5.75 Å². The Morgan fingerprint density at radius 2 is 2.10 bits per heavy atom. The van der Waals surface area contributed by atoms with Crippen LogP contribution in [0.5, 0.6) is 5.75 Å². The molecule has 0 saturated heterocycles. The minimum Gasteiger partial charge on any atom is -0.485 e. The highest BCUT2D eigenvalue weighted by Gasteiger charge is 2.46. The van der Waals surface area contributed by atoms with Gasteiger partial charge in [-0.05, 0) is 26.0 Å². The lowest BCUT2D eigenvalue weighted by atomic mass is 9.86. The molecular weight excluding hydrogens is 292 g/mol. The Kier molecular flexibility index (Phi) is 4.89. The van der Waals surface area contributed by atoms with Gasteiger partial charge in [-0.1, -0.05) is 6.07 Å². The first kappa shape index (κ1) is 17.3. The number of hydrogen-bond acceptors (Lipinski definition) is 4. The molecule has 1 amide bonds. The van der Waals surface area contributed by atoms with E-state index in [4.69, 9.17) is 11.3 Å². The quantitative estimate of drug-likeness (QED) is 0.473. The van der Waals surface area contributed by atoms with Crippen LogP contribution in [0.2, 0.25) is 0 Å². The van der Waals surface area contributed by atoms with E-state index in [0.29, 0.717) is 22.1 Å². The summed E-state index contributed by atoms with van der Waals surface area (Å²) < 4.78 is 5.69. The van der Waals surface area contributed by atoms with Crippen molar-refractivity contribution in [1.29, 1.82) is 0 Å². The number of hydrogen-bond donors (Lipinski definition) is 2. The third-order valence-electron chi connectivity index (χ3n) is 3.41. The van der Waals surface area contributed by atoms with Crippen LogP contribution in [0.3, 0.4) is 0 Å². The summed E-state index contributed by atoms with van der Waals surface area (Å²) in [5.41, 5.74) is -0.197. The zero-order valence-electron chi connectivity index (χ0n) is 12.0. The summed E-state index contributed by atoms with van der Waals surface area (Å²) in [6.07, 6.45) is -1.12. The molecular formula is C14H18N2O4S. The van der Waals surface area contributed by atoms with Gasteiger partial charge < -0.3 is 9.84 Å². The summed E-state index contributed by atoms with van der Waals surface area (Å²) in [7, 11) is 0. The number of carbonyl (C=O) groups excluding carboxylic acids is 1. The molecule has 114 valence electrons. The summed E-state index contributed by atoms with van der Waals surface area (Å²) in [6.45, 7) is 11.6. The number of fused-ring (bicyclic) bond motifs is 1. The number of rotatable bonds is 1. The maximum Gasteiger partial charge on any atom is 0.243 e. The predicted molar refractivity (Wildman–Crippen MR) is 80.8 cm³/mol. The van der Waals surface area contributed by atoms with Crippen LogP contribution >= 0.6 is 13.5 Å². The SMILES string of the molecule is S.[C-]#[N+]c1ccc2c(c1)C(N(O)C(C)=O)[C@H](O)C(C)(C)O2. The number of benzene rings is 1. The monoisotopic (exact) mass is 310 g/mol. The van der Waals surface area contributed by atoms with Crippen molar-refractivity contribution in [3.05, 3.63) is 35.2 Å². The molecule has 1 unspecified atom stereocenters. The predicted octanol–water partition coefficient (Wildman–Crippen LogP) is 2.16. The molecule has 0 spiro atoms. The Morgan fingerprint density at radius 1 is 1.48 bits per heavy atom. The van der Waals surface area contributed by atoms with Crippen molar-refractivity contribution in [2.45, 2.75) is 38.5 Å². The van der Waals surface area contributed by atoms with Gasteiger partial charge in [0.2, 0.25) is 5.91 Å². The molecule has 0 saturated carbocycles. The molecule has 0 bridgehead atoms. The van der Waals surface area contributed by atoms with Gasteiger partial charge in [0.25, 0.3) is 0 Å². The molecule has 0 aromatic heterocycles. The van der Waals surface area contributed by atoms with Crippen molar-refractivity contribution in [1.82, 2.24) is 5.06 Å². The van der Waals surface area contributed by atoms with E-state index in [1.807, 2.05) is 0 Å². The van der Waals surface area contributed by atoms with Crippen LogP contribution in [-0.4, -0.2) is 33.0 Å². The summed E-state index contributed by atoms with van der Waals surface area (Å²) in [5.74, 6) is -0.149. The van der Waals surface area contributed by atoms with Crippen molar-refractivity contribution in [3.63, 3.8) is 0 Å². The smallest absolute Gasteiger partial charge is 0.243 e. The molecule has 21 heavy (non-hydrogen) atoms. The van der Waals surface area contributed by atoms with E-state index in [2.05, 4.69) is 4.85 Å². The van der Waals surface area contributed by atoms with Gasteiger partial charge in [-0.15, -0.1) is 0 Å².